The minimum atomic E-state index is -5.08. The molecule has 0 unspecified atom stereocenters. The summed E-state index contributed by atoms with van der Waals surface area (Å²) in [7, 11) is 0. The fourth-order valence-corrected chi connectivity index (χ4v) is 0.810. The third-order valence-corrected chi connectivity index (χ3v) is 1.48. The number of halogens is 4. The van der Waals surface area contributed by atoms with E-state index >= 15 is 0 Å². The van der Waals surface area contributed by atoms with Crippen molar-refractivity contribution in [3.05, 3.63) is 22.6 Å². The lowest BCUT2D eigenvalue weighted by atomic mass is 10.5. The fourth-order valence-electron chi connectivity index (χ4n) is 0.461. The Balaban J connectivity index is 0.000000265. The molecule has 8 heteroatoms. The van der Waals surface area contributed by atoms with Crippen LogP contribution >= 0.6 is 15.9 Å². The molecule has 1 aromatic rings. The number of carboxylic acids is 1. The zero-order valence-electron chi connectivity index (χ0n) is 7.21. The van der Waals surface area contributed by atoms with Gasteiger partial charge in [-0.2, -0.15) is 13.2 Å². The Morgan fingerprint density at radius 3 is 2.20 bits per heavy atom. The van der Waals surface area contributed by atoms with E-state index in [0.717, 1.165) is 10.2 Å². The quantitative estimate of drug-likeness (QED) is 0.830. The molecule has 1 heterocycles. The van der Waals surface area contributed by atoms with Crippen molar-refractivity contribution in [2.45, 2.75) is 12.7 Å². The number of carboxylic acid groups (broad SMARTS) is 1. The van der Waals surface area contributed by atoms with Crippen LogP contribution in [-0.2, 0) is 11.3 Å². The number of nitrogens with two attached hydrogens (primary N) is 1. The smallest absolute Gasteiger partial charge is 0.475 e. The van der Waals surface area contributed by atoms with Gasteiger partial charge in [0.2, 0.25) is 0 Å². The summed E-state index contributed by atoms with van der Waals surface area (Å²) in [5, 5.41) is 7.12. The Kier molecular flexibility index (Phi) is 5.37. The minimum absolute atomic E-state index is 0.464. The van der Waals surface area contributed by atoms with Crippen LogP contribution in [0.3, 0.4) is 0 Å². The lowest BCUT2D eigenvalue weighted by Crippen LogP contribution is -2.21. The van der Waals surface area contributed by atoms with Gasteiger partial charge in [0.05, 0.1) is 11.0 Å². The van der Waals surface area contributed by atoms with Crippen LogP contribution in [0.25, 0.3) is 0 Å². The lowest BCUT2D eigenvalue weighted by molar-refractivity contribution is -0.192. The van der Waals surface area contributed by atoms with Crippen molar-refractivity contribution in [3.63, 3.8) is 0 Å². The highest BCUT2D eigenvalue weighted by Crippen LogP contribution is 2.13. The van der Waals surface area contributed by atoms with Gasteiger partial charge >= 0.3 is 12.1 Å². The van der Waals surface area contributed by atoms with E-state index in [1.165, 1.54) is 0 Å². The van der Waals surface area contributed by atoms with Crippen LogP contribution in [0.4, 0.5) is 13.2 Å². The number of carbonyl (C=O) groups is 1. The number of hydrogen-bond donors (Lipinski definition) is 2. The van der Waals surface area contributed by atoms with Gasteiger partial charge in [0, 0.05) is 0 Å². The maximum absolute atomic E-state index is 10.6. The second kappa shape index (κ2) is 5.76. The van der Waals surface area contributed by atoms with Gasteiger partial charge in [0.15, 0.2) is 0 Å². The van der Waals surface area contributed by atoms with E-state index < -0.39 is 12.1 Å². The zero-order chi connectivity index (χ0) is 12.1. The molecule has 0 atom stereocenters. The molecule has 0 spiro atoms. The average molecular weight is 290 g/mol. The maximum Gasteiger partial charge on any atom is 0.490 e. The molecule has 1 rings (SSSR count). The SMILES string of the molecule is NCc1cc(Br)co1.O=C(O)C(F)(F)F. The van der Waals surface area contributed by atoms with E-state index in [-0.39, 0.29) is 0 Å². The standard InChI is InChI=1S/C5H6BrNO.C2HF3O2/c6-4-1-5(2-7)8-3-4;3-2(4,5)1(6)7/h1,3H,2,7H2;(H,6,7). The maximum atomic E-state index is 10.6. The summed E-state index contributed by atoms with van der Waals surface area (Å²) >= 11 is 3.22. The van der Waals surface area contributed by atoms with Crippen molar-refractivity contribution >= 4 is 21.9 Å². The van der Waals surface area contributed by atoms with Crippen LogP contribution in [0.2, 0.25) is 0 Å². The predicted molar refractivity (Wildman–Crippen MR) is 48.0 cm³/mol. The molecule has 0 aliphatic rings. The number of alkyl halides is 3. The van der Waals surface area contributed by atoms with Gasteiger partial charge in [0.25, 0.3) is 0 Å². The first-order valence-corrected chi connectivity index (χ1v) is 4.29. The van der Waals surface area contributed by atoms with Crippen molar-refractivity contribution in [2.24, 2.45) is 5.73 Å². The summed E-state index contributed by atoms with van der Waals surface area (Å²) in [6.07, 6.45) is -3.47. The highest BCUT2D eigenvalue weighted by atomic mass is 79.9. The second-order valence-electron chi connectivity index (χ2n) is 2.24. The number of furan rings is 1. The summed E-state index contributed by atoms with van der Waals surface area (Å²) in [6.45, 7) is 0.464. The fraction of sp³-hybridized carbons (Fsp3) is 0.286. The molecule has 0 aliphatic carbocycles. The minimum Gasteiger partial charge on any atom is -0.475 e. The van der Waals surface area contributed by atoms with Gasteiger partial charge in [-0.15, -0.1) is 0 Å². The normalized spacial score (nSPS) is 10.5. The molecule has 0 saturated heterocycles. The summed E-state index contributed by atoms with van der Waals surface area (Å²) < 4.78 is 37.6. The lowest BCUT2D eigenvalue weighted by Gasteiger charge is -1.93. The van der Waals surface area contributed by atoms with Crippen LogP contribution in [0.5, 0.6) is 0 Å². The Bertz CT molecular complexity index is 324. The molecule has 3 N–H and O–H groups in total. The molecule has 1 aromatic heterocycles. The molecular formula is C7H7BrF3NO3. The second-order valence-corrected chi connectivity index (χ2v) is 3.15. The molecule has 0 aliphatic heterocycles. The first-order valence-electron chi connectivity index (χ1n) is 3.50. The highest BCUT2D eigenvalue weighted by molar-refractivity contribution is 9.10. The van der Waals surface area contributed by atoms with Gasteiger partial charge in [0.1, 0.15) is 12.0 Å². The average Bonchev–Trinajstić information content (AvgIpc) is 2.50. The first kappa shape index (κ1) is 14.0. The van der Waals surface area contributed by atoms with E-state index in [2.05, 4.69) is 15.9 Å². The summed E-state index contributed by atoms with van der Waals surface area (Å²) in [6, 6.07) is 1.85. The van der Waals surface area contributed by atoms with E-state index in [1.54, 1.807) is 6.26 Å². The Hall–Kier alpha value is -1.02. The van der Waals surface area contributed by atoms with Crippen LogP contribution < -0.4 is 5.73 Å². The Morgan fingerprint density at radius 2 is 2.07 bits per heavy atom. The van der Waals surface area contributed by atoms with Gasteiger partial charge in [-0.05, 0) is 22.0 Å². The van der Waals surface area contributed by atoms with E-state index in [0.29, 0.717) is 6.54 Å². The third-order valence-electron chi connectivity index (χ3n) is 1.07. The summed E-state index contributed by atoms with van der Waals surface area (Å²) in [5.74, 6) is -1.95. The number of hydrogen-bond acceptors (Lipinski definition) is 3. The van der Waals surface area contributed by atoms with E-state index in [1.807, 2.05) is 6.07 Å². The van der Waals surface area contributed by atoms with Gasteiger partial charge in [-0.25, -0.2) is 4.79 Å². The molecule has 0 radical (unpaired) electrons. The monoisotopic (exact) mass is 289 g/mol. The van der Waals surface area contributed by atoms with E-state index in [9.17, 15) is 13.2 Å². The zero-order valence-corrected chi connectivity index (χ0v) is 8.80. The molecule has 0 aromatic carbocycles. The first-order chi connectivity index (χ1) is 6.77. The largest absolute Gasteiger partial charge is 0.490 e. The molecule has 15 heavy (non-hydrogen) atoms. The molecule has 4 nitrogen and oxygen atoms in total. The Labute approximate surface area is 91.0 Å². The summed E-state index contributed by atoms with van der Waals surface area (Å²) in [4.78, 5) is 8.90. The van der Waals surface area contributed by atoms with Crippen molar-refractivity contribution in [2.75, 3.05) is 0 Å². The highest BCUT2D eigenvalue weighted by Gasteiger charge is 2.38. The molecule has 0 fully saturated rings. The molecule has 0 bridgehead atoms. The molecule has 86 valence electrons. The number of aliphatic carboxylic acids is 1. The molecule has 0 saturated carbocycles. The Morgan fingerprint density at radius 1 is 1.60 bits per heavy atom. The van der Waals surface area contributed by atoms with Crippen LogP contribution in [-0.4, -0.2) is 17.3 Å². The van der Waals surface area contributed by atoms with Gasteiger partial charge in [-0.1, -0.05) is 0 Å². The van der Waals surface area contributed by atoms with Crippen molar-refractivity contribution in [1.29, 1.82) is 0 Å². The van der Waals surface area contributed by atoms with Crippen LogP contribution in [0.1, 0.15) is 5.76 Å². The summed E-state index contributed by atoms with van der Waals surface area (Å²) in [5.41, 5.74) is 5.25. The number of rotatable bonds is 1. The molecular weight excluding hydrogens is 283 g/mol. The van der Waals surface area contributed by atoms with Crippen molar-refractivity contribution < 1.29 is 27.5 Å². The van der Waals surface area contributed by atoms with Gasteiger partial charge in [-0.3, -0.25) is 0 Å². The molecule has 0 amide bonds. The van der Waals surface area contributed by atoms with Gasteiger partial charge < -0.3 is 15.3 Å². The van der Waals surface area contributed by atoms with Crippen molar-refractivity contribution in [3.8, 4) is 0 Å². The topological polar surface area (TPSA) is 76.5 Å². The van der Waals surface area contributed by atoms with Crippen LogP contribution in [0.15, 0.2) is 21.2 Å². The predicted octanol–water partition coefficient (Wildman–Crippen LogP) is 2.13. The third kappa shape index (κ3) is 6.13. The van der Waals surface area contributed by atoms with Crippen molar-refractivity contribution in [1.82, 2.24) is 0 Å². The van der Waals surface area contributed by atoms with Crippen LogP contribution in [0, 0.1) is 0 Å². The van der Waals surface area contributed by atoms with E-state index in [4.69, 9.17) is 20.1 Å².